The lowest BCUT2D eigenvalue weighted by atomic mass is 9.88. The van der Waals surface area contributed by atoms with Crippen molar-refractivity contribution in [3.63, 3.8) is 0 Å². The van der Waals surface area contributed by atoms with Crippen LogP contribution in [0, 0.1) is 5.92 Å². The highest BCUT2D eigenvalue weighted by atomic mass is 16.5. The minimum absolute atomic E-state index is 0.0403. The van der Waals surface area contributed by atoms with Crippen molar-refractivity contribution in [1.29, 1.82) is 0 Å². The maximum atomic E-state index is 12.8. The number of anilines is 1. The van der Waals surface area contributed by atoms with Crippen molar-refractivity contribution in [2.24, 2.45) is 5.92 Å². The molecule has 2 aliphatic heterocycles. The van der Waals surface area contributed by atoms with Gasteiger partial charge in [0, 0.05) is 31.7 Å². The van der Waals surface area contributed by atoms with Gasteiger partial charge >= 0.3 is 0 Å². The Bertz CT molecular complexity index is 710. The molecular formula is C19H24N2O5. The lowest BCUT2D eigenvalue weighted by Crippen LogP contribution is -2.41. The van der Waals surface area contributed by atoms with Gasteiger partial charge in [-0.2, -0.15) is 0 Å². The van der Waals surface area contributed by atoms with E-state index >= 15 is 0 Å². The third kappa shape index (κ3) is 3.72. The summed E-state index contributed by atoms with van der Waals surface area (Å²) in [5, 5.41) is 2.81. The molecule has 7 nitrogen and oxygen atoms in total. The van der Waals surface area contributed by atoms with E-state index in [9.17, 15) is 14.4 Å². The molecule has 26 heavy (non-hydrogen) atoms. The van der Waals surface area contributed by atoms with Gasteiger partial charge in [-0.05, 0) is 37.5 Å². The van der Waals surface area contributed by atoms with Crippen molar-refractivity contribution in [3.8, 4) is 5.75 Å². The molecule has 2 heterocycles. The number of methoxy groups -OCH3 is 1. The number of hydrogen-bond donors (Lipinski definition) is 1. The second kappa shape index (κ2) is 7.86. The number of amides is 2. The zero-order valence-electron chi connectivity index (χ0n) is 15.1. The Morgan fingerprint density at radius 1 is 1.31 bits per heavy atom. The van der Waals surface area contributed by atoms with E-state index in [0.717, 1.165) is 0 Å². The Kier molecular flexibility index (Phi) is 5.56. The fraction of sp³-hybridized carbons (Fsp3) is 0.526. The molecule has 7 heteroatoms. The van der Waals surface area contributed by atoms with Gasteiger partial charge in [0.2, 0.25) is 5.91 Å². The van der Waals surface area contributed by atoms with Gasteiger partial charge in [0.25, 0.3) is 5.91 Å². The van der Waals surface area contributed by atoms with Gasteiger partial charge in [-0.1, -0.05) is 6.92 Å². The van der Waals surface area contributed by atoms with Gasteiger partial charge in [-0.25, -0.2) is 0 Å². The Labute approximate surface area is 152 Å². The molecule has 140 valence electrons. The molecule has 0 aliphatic carbocycles. The molecule has 2 aliphatic rings. The van der Waals surface area contributed by atoms with E-state index in [1.54, 1.807) is 23.1 Å². The van der Waals surface area contributed by atoms with Gasteiger partial charge in [-0.3, -0.25) is 14.4 Å². The molecule has 0 spiro atoms. The second-order valence-electron chi connectivity index (χ2n) is 6.67. The van der Waals surface area contributed by atoms with Crippen LogP contribution in [0.3, 0.4) is 0 Å². The number of likely N-dealkylation sites (tertiary alicyclic amines) is 1. The Morgan fingerprint density at radius 2 is 2.04 bits per heavy atom. The molecule has 1 saturated heterocycles. The summed E-state index contributed by atoms with van der Waals surface area (Å²) >= 11 is 0. The highest BCUT2D eigenvalue weighted by Gasteiger charge is 2.30. The van der Waals surface area contributed by atoms with Crippen LogP contribution >= 0.6 is 0 Å². The Morgan fingerprint density at radius 3 is 2.69 bits per heavy atom. The van der Waals surface area contributed by atoms with Crippen LogP contribution < -0.4 is 10.1 Å². The molecule has 0 aromatic heterocycles. The topological polar surface area (TPSA) is 84.9 Å². The number of benzene rings is 1. The number of Topliss-reactive ketones (excluding diaryl/α,β-unsaturated/α-hetero) is 1. The zero-order valence-corrected chi connectivity index (χ0v) is 15.1. The van der Waals surface area contributed by atoms with E-state index in [-0.39, 0.29) is 30.1 Å². The summed E-state index contributed by atoms with van der Waals surface area (Å²) in [6.07, 6.45) is 1.36. The quantitative estimate of drug-likeness (QED) is 0.810. The minimum Gasteiger partial charge on any atom is -0.478 e. The highest BCUT2D eigenvalue weighted by Crippen LogP contribution is 2.32. The number of hydrogen-bond acceptors (Lipinski definition) is 5. The Hall–Kier alpha value is -2.41. The molecule has 1 aromatic rings. The molecule has 1 fully saturated rings. The summed E-state index contributed by atoms with van der Waals surface area (Å²) in [5.74, 6) is 0.279. The van der Waals surface area contributed by atoms with Crippen molar-refractivity contribution in [3.05, 3.63) is 23.8 Å². The zero-order chi connectivity index (χ0) is 18.7. The van der Waals surface area contributed by atoms with Crippen LogP contribution in [0.4, 0.5) is 5.69 Å². The number of carbonyl (C=O) groups is 3. The van der Waals surface area contributed by atoms with E-state index in [2.05, 4.69) is 5.32 Å². The van der Waals surface area contributed by atoms with Crippen molar-refractivity contribution in [1.82, 2.24) is 4.90 Å². The van der Waals surface area contributed by atoms with Gasteiger partial charge in [0.1, 0.15) is 12.4 Å². The smallest absolute Gasteiger partial charge is 0.265 e. The van der Waals surface area contributed by atoms with Crippen LogP contribution in [0.1, 0.15) is 36.5 Å². The van der Waals surface area contributed by atoms with Crippen molar-refractivity contribution in [2.75, 3.05) is 32.1 Å². The second-order valence-corrected chi connectivity index (χ2v) is 6.67. The van der Waals surface area contributed by atoms with E-state index in [1.807, 2.05) is 6.92 Å². The summed E-state index contributed by atoms with van der Waals surface area (Å²) in [4.78, 5) is 38.3. The first kappa shape index (κ1) is 18.4. The largest absolute Gasteiger partial charge is 0.478 e. The van der Waals surface area contributed by atoms with Gasteiger partial charge in [0.05, 0.1) is 5.69 Å². The van der Waals surface area contributed by atoms with Gasteiger partial charge < -0.3 is 19.7 Å². The predicted octanol–water partition coefficient (Wildman–Crippen LogP) is 1.86. The third-order valence-electron chi connectivity index (χ3n) is 4.94. The molecule has 0 radical (unpaired) electrons. The Balaban J connectivity index is 1.65. The molecule has 1 atom stereocenters. The number of rotatable bonds is 5. The number of fused-ring (bicyclic) bond motifs is 1. The van der Waals surface area contributed by atoms with E-state index < -0.39 is 6.10 Å². The van der Waals surface area contributed by atoms with Crippen LogP contribution in [0.5, 0.6) is 5.75 Å². The lowest BCUT2D eigenvalue weighted by molar-refractivity contribution is -0.136. The minimum atomic E-state index is -0.488. The summed E-state index contributed by atoms with van der Waals surface area (Å²) in [7, 11) is 1.50. The van der Waals surface area contributed by atoms with Gasteiger partial charge in [-0.15, -0.1) is 0 Å². The van der Waals surface area contributed by atoms with Crippen LogP contribution in [-0.2, 0) is 14.3 Å². The van der Waals surface area contributed by atoms with E-state index in [4.69, 9.17) is 9.47 Å². The molecule has 3 rings (SSSR count). The molecule has 2 amide bonds. The summed E-state index contributed by atoms with van der Waals surface area (Å²) in [6.45, 7) is 3.07. The third-order valence-corrected chi connectivity index (χ3v) is 4.94. The van der Waals surface area contributed by atoms with Crippen LogP contribution in [0.15, 0.2) is 18.2 Å². The first-order chi connectivity index (χ1) is 12.5. The number of piperidine rings is 1. The molecule has 0 unspecified atom stereocenters. The van der Waals surface area contributed by atoms with Crippen LogP contribution in [-0.4, -0.2) is 55.4 Å². The monoisotopic (exact) mass is 360 g/mol. The first-order valence-corrected chi connectivity index (χ1v) is 8.96. The van der Waals surface area contributed by atoms with Crippen LogP contribution in [0.25, 0.3) is 0 Å². The van der Waals surface area contributed by atoms with Crippen molar-refractivity contribution < 1.29 is 23.9 Å². The summed E-state index contributed by atoms with van der Waals surface area (Å²) in [5.41, 5.74) is 1.10. The number of nitrogens with zero attached hydrogens (tertiary/aromatic N) is 1. The molecule has 0 bridgehead atoms. The van der Waals surface area contributed by atoms with E-state index in [0.29, 0.717) is 49.4 Å². The number of carbonyl (C=O) groups excluding carboxylic acids is 3. The van der Waals surface area contributed by atoms with Crippen molar-refractivity contribution >= 4 is 23.3 Å². The fourth-order valence-electron chi connectivity index (χ4n) is 3.41. The molecule has 0 saturated carbocycles. The average molecular weight is 360 g/mol. The molecule has 1 aromatic carbocycles. The fourth-order valence-corrected chi connectivity index (χ4v) is 3.41. The molecule has 1 N–H and O–H groups in total. The summed E-state index contributed by atoms with van der Waals surface area (Å²) < 4.78 is 10.5. The SMILES string of the molecule is CC[C@@H]1Oc2ccc(C(=O)C3CCN(C(=O)COC)CC3)cc2NC1=O. The average Bonchev–Trinajstić information content (AvgIpc) is 2.66. The maximum Gasteiger partial charge on any atom is 0.265 e. The van der Waals surface area contributed by atoms with E-state index in [1.165, 1.54) is 7.11 Å². The first-order valence-electron chi connectivity index (χ1n) is 8.96. The molecular weight excluding hydrogens is 336 g/mol. The number of ketones is 1. The maximum absolute atomic E-state index is 12.8. The number of ether oxygens (including phenoxy) is 2. The van der Waals surface area contributed by atoms with Gasteiger partial charge in [0.15, 0.2) is 11.9 Å². The van der Waals surface area contributed by atoms with Crippen LogP contribution in [0.2, 0.25) is 0 Å². The normalized spacial score (nSPS) is 20.2. The predicted molar refractivity (Wildman–Crippen MR) is 95.3 cm³/mol. The number of nitrogens with one attached hydrogen (secondary N) is 1. The highest BCUT2D eigenvalue weighted by molar-refractivity contribution is 6.02. The standard InChI is InChI=1S/C19H24N2O5/c1-3-15-19(24)20-14-10-13(4-5-16(14)26-15)18(23)12-6-8-21(9-7-12)17(22)11-25-2/h4-5,10,12,15H,3,6-9,11H2,1-2H3,(H,20,24)/t15-/m0/s1. The summed E-state index contributed by atoms with van der Waals surface area (Å²) in [6, 6.07) is 5.17. The lowest BCUT2D eigenvalue weighted by Gasteiger charge is -2.31. The van der Waals surface area contributed by atoms with Crippen molar-refractivity contribution in [2.45, 2.75) is 32.3 Å².